The molecule has 0 saturated heterocycles. The lowest BCUT2D eigenvalue weighted by Gasteiger charge is -2.26. The number of carbonyl (C=O) groups excluding carboxylic acids is 1. The Balaban J connectivity index is 2.31. The number of halogens is 1. The number of nitrogens with zero attached hydrogens (tertiary/aromatic N) is 2. The van der Waals surface area contributed by atoms with Crippen LogP contribution in [0.3, 0.4) is 0 Å². The molecule has 0 spiro atoms. The van der Waals surface area contributed by atoms with Crippen molar-refractivity contribution in [3.8, 4) is 5.75 Å². The number of carbonyl (C=O) groups is 1. The van der Waals surface area contributed by atoms with Crippen LogP contribution in [0, 0.1) is 5.41 Å². The first kappa shape index (κ1) is 14.8. The number of ketones is 1. The fourth-order valence-corrected chi connectivity index (χ4v) is 2.06. The Morgan fingerprint density at radius 2 is 2.00 bits per heavy atom. The highest BCUT2D eigenvalue weighted by molar-refractivity contribution is 9.10. The number of hydrogen-bond acceptors (Lipinski definition) is 3. The Kier molecular flexibility index (Phi) is 4.28. The SMILES string of the molecule is CC(C)(C)C(=O)C(Oc1ccnc(Br)c1)n1cccc1. The summed E-state index contributed by atoms with van der Waals surface area (Å²) in [7, 11) is 0. The van der Waals surface area contributed by atoms with E-state index >= 15 is 0 Å². The lowest BCUT2D eigenvalue weighted by Crippen LogP contribution is -2.33. The van der Waals surface area contributed by atoms with E-state index in [0.29, 0.717) is 10.4 Å². The van der Waals surface area contributed by atoms with Crippen LogP contribution in [-0.4, -0.2) is 15.3 Å². The van der Waals surface area contributed by atoms with E-state index in [9.17, 15) is 4.79 Å². The summed E-state index contributed by atoms with van der Waals surface area (Å²) < 4.78 is 8.31. The first-order valence-corrected chi connectivity index (χ1v) is 7.12. The number of rotatable bonds is 4. The second kappa shape index (κ2) is 5.79. The minimum atomic E-state index is -0.681. The summed E-state index contributed by atoms with van der Waals surface area (Å²) in [6, 6.07) is 7.22. The third-order valence-corrected chi connectivity index (χ3v) is 3.24. The molecule has 0 aliphatic heterocycles. The van der Waals surface area contributed by atoms with Crippen LogP contribution in [0.1, 0.15) is 27.0 Å². The molecule has 0 saturated carbocycles. The van der Waals surface area contributed by atoms with Gasteiger partial charge in [-0.1, -0.05) is 20.8 Å². The van der Waals surface area contributed by atoms with Crippen LogP contribution in [0.4, 0.5) is 0 Å². The van der Waals surface area contributed by atoms with Gasteiger partial charge >= 0.3 is 0 Å². The quantitative estimate of drug-likeness (QED) is 0.797. The molecule has 106 valence electrons. The molecule has 2 rings (SSSR count). The Labute approximate surface area is 126 Å². The van der Waals surface area contributed by atoms with E-state index in [-0.39, 0.29) is 5.78 Å². The third-order valence-electron chi connectivity index (χ3n) is 2.81. The van der Waals surface area contributed by atoms with E-state index < -0.39 is 11.6 Å². The molecule has 2 aromatic rings. The average Bonchev–Trinajstić information content (AvgIpc) is 2.87. The Morgan fingerprint density at radius 1 is 1.35 bits per heavy atom. The summed E-state index contributed by atoms with van der Waals surface area (Å²) in [5.74, 6) is 0.616. The zero-order chi connectivity index (χ0) is 14.8. The maximum atomic E-state index is 12.6. The van der Waals surface area contributed by atoms with Crippen molar-refractivity contribution in [2.24, 2.45) is 5.41 Å². The fraction of sp³-hybridized carbons (Fsp3) is 0.333. The van der Waals surface area contributed by atoms with Gasteiger partial charge in [0, 0.05) is 30.1 Å². The van der Waals surface area contributed by atoms with Gasteiger partial charge in [0.25, 0.3) is 0 Å². The summed E-state index contributed by atoms with van der Waals surface area (Å²) in [5, 5.41) is 0. The van der Waals surface area contributed by atoms with Crippen molar-refractivity contribution in [2.75, 3.05) is 0 Å². The smallest absolute Gasteiger partial charge is 0.235 e. The third kappa shape index (κ3) is 3.48. The van der Waals surface area contributed by atoms with Crippen LogP contribution in [0.2, 0.25) is 0 Å². The molecule has 2 heterocycles. The van der Waals surface area contributed by atoms with Gasteiger partial charge in [0.2, 0.25) is 6.23 Å². The molecular formula is C15H17BrN2O2. The second-order valence-electron chi connectivity index (χ2n) is 5.53. The van der Waals surface area contributed by atoms with Gasteiger partial charge in [-0.3, -0.25) is 4.79 Å². The van der Waals surface area contributed by atoms with Crippen molar-refractivity contribution in [1.29, 1.82) is 0 Å². The van der Waals surface area contributed by atoms with Gasteiger partial charge in [-0.2, -0.15) is 0 Å². The fourth-order valence-electron chi connectivity index (χ4n) is 1.71. The first-order chi connectivity index (χ1) is 9.38. The highest BCUT2D eigenvalue weighted by atomic mass is 79.9. The van der Waals surface area contributed by atoms with Gasteiger partial charge in [0.1, 0.15) is 10.4 Å². The van der Waals surface area contributed by atoms with E-state index in [1.165, 1.54) is 0 Å². The minimum Gasteiger partial charge on any atom is -0.463 e. The molecule has 4 nitrogen and oxygen atoms in total. The predicted molar refractivity (Wildman–Crippen MR) is 80.5 cm³/mol. The van der Waals surface area contributed by atoms with Crippen LogP contribution in [-0.2, 0) is 4.79 Å². The zero-order valence-corrected chi connectivity index (χ0v) is 13.3. The van der Waals surface area contributed by atoms with Crippen molar-refractivity contribution in [3.63, 3.8) is 0 Å². The van der Waals surface area contributed by atoms with Crippen molar-refractivity contribution in [3.05, 3.63) is 47.5 Å². The monoisotopic (exact) mass is 336 g/mol. The normalized spacial score (nSPS) is 13.0. The Morgan fingerprint density at radius 3 is 2.55 bits per heavy atom. The van der Waals surface area contributed by atoms with Gasteiger partial charge in [-0.15, -0.1) is 0 Å². The average molecular weight is 337 g/mol. The molecular weight excluding hydrogens is 320 g/mol. The van der Waals surface area contributed by atoms with Crippen molar-refractivity contribution >= 4 is 21.7 Å². The number of ether oxygens (including phenoxy) is 1. The van der Waals surface area contributed by atoms with Crippen molar-refractivity contribution in [1.82, 2.24) is 9.55 Å². The number of Topliss-reactive ketones (excluding diaryl/α,β-unsaturated/α-hetero) is 1. The topological polar surface area (TPSA) is 44.1 Å². The van der Waals surface area contributed by atoms with Gasteiger partial charge in [0.05, 0.1) is 0 Å². The molecule has 0 aromatic carbocycles. The number of pyridine rings is 1. The van der Waals surface area contributed by atoms with E-state index in [2.05, 4.69) is 20.9 Å². The van der Waals surface area contributed by atoms with Crippen LogP contribution < -0.4 is 4.74 Å². The molecule has 0 fully saturated rings. The van der Waals surface area contributed by atoms with Crippen LogP contribution >= 0.6 is 15.9 Å². The molecule has 0 aliphatic carbocycles. The number of aromatic nitrogens is 2. The largest absolute Gasteiger partial charge is 0.463 e. The van der Waals surface area contributed by atoms with Crippen molar-refractivity contribution in [2.45, 2.75) is 27.0 Å². The Hall–Kier alpha value is -1.62. The van der Waals surface area contributed by atoms with Crippen LogP contribution in [0.25, 0.3) is 0 Å². The molecule has 0 amide bonds. The van der Waals surface area contributed by atoms with Gasteiger partial charge < -0.3 is 9.30 Å². The summed E-state index contributed by atoms with van der Waals surface area (Å²) >= 11 is 3.29. The predicted octanol–water partition coefficient (Wildman–Crippen LogP) is 3.84. The summed E-state index contributed by atoms with van der Waals surface area (Å²) in [4.78, 5) is 16.6. The lowest BCUT2D eigenvalue weighted by atomic mass is 9.89. The molecule has 0 radical (unpaired) electrons. The molecule has 0 N–H and O–H groups in total. The molecule has 5 heteroatoms. The van der Waals surface area contributed by atoms with E-state index in [4.69, 9.17) is 4.74 Å². The van der Waals surface area contributed by atoms with Gasteiger partial charge in [0.15, 0.2) is 5.78 Å². The standard InChI is InChI=1S/C15H17BrN2O2/c1-15(2,3)13(19)14(18-8-4-5-9-18)20-11-6-7-17-12(16)10-11/h4-10,14H,1-3H3. The van der Waals surface area contributed by atoms with E-state index in [1.54, 1.807) is 22.9 Å². The first-order valence-electron chi connectivity index (χ1n) is 6.33. The van der Waals surface area contributed by atoms with Crippen LogP contribution in [0.15, 0.2) is 47.5 Å². The summed E-state index contributed by atoms with van der Waals surface area (Å²) in [5.41, 5.74) is -0.487. The molecule has 0 bridgehead atoms. The molecule has 1 unspecified atom stereocenters. The lowest BCUT2D eigenvalue weighted by molar-refractivity contribution is -0.137. The highest BCUT2D eigenvalue weighted by Gasteiger charge is 2.32. The highest BCUT2D eigenvalue weighted by Crippen LogP contribution is 2.27. The maximum Gasteiger partial charge on any atom is 0.235 e. The Bertz CT molecular complexity index is 588. The van der Waals surface area contributed by atoms with E-state index in [1.807, 2.05) is 45.3 Å². The van der Waals surface area contributed by atoms with Gasteiger partial charge in [-0.25, -0.2) is 4.98 Å². The van der Waals surface area contributed by atoms with Crippen LogP contribution in [0.5, 0.6) is 5.75 Å². The minimum absolute atomic E-state index is 0.0154. The molecule has 2 aromatic heterocycles. The number of hydrogen-bond donors (Lipinski definition) is 0. The zero-order valence-electron chi connectivity index (χ0n) is 11.7. The summed E-state index contributed by atoms with van der Waals surface area (Å²) in [6.07, 6.45) is 4.60. The molecule has 20 heavy (non-hydrogen) atoms. The molecule has 0 aliphatic rings. The molecule has 1 atom stereocenters. The maximum absolute atomic E-state index is 12.6. The van der Waals surface area contributed by atoms with Gasteiger partial charge in [-0.05, 0) is 34.1 Å². The van der Waals surface area contributed by atoms with E-state index in [0.717, 1.165) is 0 Å². The van der Waals surface area contributed by atoms with Crippen molar-refractivity contribution < 1.29 is 9.53 Å². The summed E-state index contributed by atoms with van der Waals surface area (Å²) in [6.45, 7) is 5.66. The second-order valence-corrected chi connectivity index (χ2v) is 6.34.